The van der Waals surface area contributed by atoms with E-state index in [1.807, 2.05) is 0 Å². The largest absolute Gasteiger partial charge is 0.469 e. The number of ether oxygens (including phenoxy) is 1. The minimum absolute atomic E-state index is 0.0556. The maximum atomic E-state index is 13.0. The Bertz CT molecular complexity index is 665. The second kappa shape index (κ2) is 7.18. The lowest BCUT2D eigenvalue weighted by atomic mass is 9.91. The summed E-state index contributed by atoms with van der Waals surface area (Å²) in [6.45, 7) is 0. The highest BCUT2D eigenvalue weighted by atomic mass is 35.5. The topological polar surface area (TPSA) is 43.4 Å². The summed E-state index contributed by atoms with van der Waals surface area (Å²) in [6.07, 6.45) is -0.0556. The molecule has 0 saturated carbocycles. The molecule has 5 heteroatoms. The molecule has 0 aliphatic carbocycles. The van der Waals surface area contributed by atoms with E-state index in [0.717, 1.165) is 0 Å². The van der Waals surface area contributed by atoms with Crippen LogP contribution in [-0.2, 0) is 9.53 Å². The zero-order chi connectivity index (χ0) is 16.1. The van der Waals surface area contributed by atoms with Crippen molar-refractivity contribution in [1.82, 2.24) is 0 Å². The Kier molecular flexibility index (Phi) is 5.28. The summed E-state index contributed by atoms with van der Waals surface area (Å²) in [7, 11) is 1.26. The third-order valence-corrected chi connectivity index (χ3v) is 3.57. The number of ketones is 1. The molecule has 0 saturated heterocycles. The number of carbonyl (C=O) groups excluding carboxylic acids is 2. The predicted octanol–water partition coefficient (Wildman–Crippen LogP) is 4.01. The first-order valence-electron chi connectivity index (χ1n) is 6.63. The van der Waals surface area contributed by atoms with Crippen LogP contribution in [0, 0.1) is 5.82 Å². The first kappa shape index (κ1) is 16.2. The summed E-state index contributed by atoms with van der Waals surface area (Å²) in [5.74, 6) is -1.92. The minimum atomic E-state index is -0.770. The molecule has 0 amide bonds. The third kappa shape index (κ3) is 3.92. The molecule has 22 heavy (non-hydrogen) atoms. The number of Topliss-reactive ketones (excluding diaryl/α,β-unsaturated/α-hetero) is 1. The monoisotopic (exact) mass is 320 g/mol. The van der Waals surface area contributed by atoms with Gasteiger partial charge in [0.05, 0.1) is 13.0 Å². The zero-order valence-corrected chi connectivity index (χ0v) is 12.6. The van der Waals surface area contributed by atoms with Crippen molar-refractivity contribution in [3.05, 3.63) is 70.5 Å². The molecule has 114 valence electrons. The van der Waals surface area contributed by atoms with E-state index >= 15 is 0 Å². The van der Waals surface area contributed by atoms with Crippen LogP contribution < -0.4 is 0 Å². The van der Waals surface area contributed by atoms with Crippen molar-refractivity contribution in [1.29, 1.82) is 0 Å². The molecule has 0 aromatic heterocycles. The van der Waals surface area contributed by atoms with E-state index in [0.29, 0.717) is 16.1 Å². The maximum Gasteiger partial charge on any atom is 0.313 e. The molecule has 0 bridgehead atoms. The highest BCUT2D eigenvalue weighted by molar-refractivity contribution is 6.30. The molecule has 0 fully saturated rings. The van der Waals surface area contributed by atoms with Crippen LogP contribution in [0.15, 0.2) is 48.5 Å². The lowest BCUT2D eigenvalue weighted by Gasteiger charge is -2.14. The molecule has 0 aliphatic rings. The summed E-state index contributed by atoms with van der Waals surface area (Å²) < 4.78 is 17.7. The molecule has 0 aliphatic heterocycles. The zero-order valence-electron chi connectivity index (χ0n) is 11.9. The van der Waals surface area contributed by atoms with Gasteiger partial charge in [-0.2, -0.15) is 0 Å². The van der Waals surface area contributed by atoms with Gasteiger partial charge in [0.25, 0.3) is 0 Å². The molecule has 1 atom stereocenters. The molecule has 3 nitrogen and oxygen atoms in total. The summed E-state index contributed by atoms with van der Waals surface area (Å²) in [4.78, 5) is 24.2. The molecule has 0 heterocycles. The number of methoxy groups -OCH3 is 1. The van der Waals surface area contributed by atoms with E-state index in [9.17, 15) is 14.0 Å². The smallest absolute Gasteiger partial charge is 0.313 e. The van der Waals surface area contributed by atoms with E-state index < -0.39 is 17.7 Å². The van der Waals surface area contributed by atoms with Crippen LogP contribution in [0.25, 0.3) is 0 Å². The first-order chi connectivity index (χ1) is 10.5. The fourth-order valence-electron chi connectivity index (χ4n) is 2.11. The van der Waals surface area contributed by atoms with Gasteiger partial charge in [-0.3, -0.25) is 9.59 Å². The van der Waals surface area contributed by atoms with Crippen molar-refractivity contribution in [2.45, 2.75) is 12.3 Å². The fraction of sp³-hybridized carbons (Fsp3) is 0.176. The standard InChI is InChI=1S/C17H14ClFO3/c1-22-17(21)15(11-4-8-14(19)9-5-11)10-16(20)12-2-6-13(18)7-3-12/h2-9,15H,10H2,1H3/t15-/m1/s1. The molecule has 0 unspecified atom stereocenters. The highest BCUT2D eigenvalue weighted by Gasteiger charge is 2.25. The Morgan fingerprint density at radius 2 is 1.68 bits per heavy atom. The Labute approximate surface area is 132 Å². The van der Waals surface area contributed by atoms with E-state index in [2.05, 4.69) is 0 Å². The summed E-state index contributed by atoms with van der Waals surface area (Å²) in [6, 6.07) is 11.9. The van der Waals surface area contributed by atoms with Gasteiger partial charge < -0.3 is 4.74 Å². The van der Waals surface area contributed by atoms with Crippen molar-refractivity contribution in [2.24, 2.45) is 0 Å². The molecular formula is C17H14ClFO3. The van der Waals surface area contributed by atoms with Gasteiger partial charge in [-0.15, -0.1) is 0 Å². The van der Waals surface area contributed by atoms with Crippen LogP contribution in [0.5, 0.6) is 0 Å². The van der Waals surface area contributed by atoms with Crippen LogP contribution in [-0.4, -0.2) is 18.9 Å². The minimum Gasteiger partial charge on any atom is -0.469 e. The Hall–Kier alpha value is -2.20. The van der Waals surface area contributed by atoms with Crippen LogP contribution in [0.3, 0.4) is 0 Å². The lowest BCUT2D eigenvalue weighted by molar-refractivity contribution is -0.142. The van der Waals surface area contributed by atoms with E-state index in [1.165, 1.54) is 31.4 Å². The van der Waals surface area contributed by atoms with E-state index in [4.69, 9.17) is 16.3 Å². The number of esters is 1. The van der Waals surface area contributed by atoms with Gasteiger partial charge in [0.1, 0.15) is 5.82 Å². The third-order valence-electron chi connectivity index (χ3n) is 3.31. The first-order valence-corrected chi connectivity index (χ1v) is 7.01. The number of halogens is 2. The van der Waals surface area contributed by atoms with Crippen LogP contribution in [0.4, 0.5) is 4.39 Å². The van der Waals surface area contributed by atoms with Gasteiger partial charge in [-0.05, 0) is 42.0 Å². The van der Waals surface area contributed by atoms with Crippen molar-refractivity contribution < 1.29 is 18.7 Å². The second-order valence-electron chi connectivity index (χ2n) is 4.76. The number of benzene rings is 2. The van der Waals surface area contributed by atoms with Gasteiger partial charge in [0, 0.05) is 17.0 Å². The molecule has 2 rings (SSSR count). The molecular weight excluding hydrogens is 307 g/mol. The average molecular weight is 321 g/mol. The SMILES string of the molecule is COC(=O)[C@H](CC(=O)c1ccc(Cl)cc1)c1ccc(F)cc1. The van der Waals surface area contributed by atoms with Gasteiger partial charge in [-0.1, -0.05) is 23.7 Å². The molecule has 0 spiro atoms. The summed E-state index contributed by atoms with van der Waals surface area (Å²) >= 11 is 5.78. The van der Waals surface area contributed by atoms with Gasteiger partial charge in [-0.25, -0.2) is 4.39 Å². The quantitative estimate of drug-likeness (QED) is 0.617. The van der Waals surface area contributed by atoms with E-state index in [-0.39, 0.29) is 12.2 Å². The number of carbonyl (C=O) groups is 2. The second-order valence-corrected chi connectivity index (χ2v) is 5.20. The predicted molar refractivity (Wildman–Crippen MR) is 81.6 cm³/mol. The Balaban J connectivity index is 2.23. The van der Waals surface area contributed by atoms with Crippen molar-refractivity contribution in [3.8, 4) is 0 Å². The molecule has 0 N–H and O–H groups in total. The van der Waals surface area contributed by atoms with Crippen LogP contribution in [0.2, 0.25) is 5.02 Å². The van der Waals surface area contributed by atoms with Crippen molar-refractivity contribution in [2.75, 3.05) is 7.11 Å². The average Bonchev–Trinajstić information content (AvgIpc) is 2.53. The normalized spacial score (nSPS) is 11.8. The van der Waals surface area contributed by atoms with Gasteiger partial charge in [0.2, 0.25) is 0 Å². The number of rotatable bonds is 5. The molecule has 2 aromatic rings. The Morgan fingerprint density at radius 3 is 2.23 bits per heavy atom. The van der Waals surface area contributed by atoms with Crippen LogP contribution >= 0.6 is 11.6 Å². The maximum absolute atomic E-state index is 13.0. The summed E-state index contributed by atoms with van der Waals surface area (Å²) in [5.41, 5.74) is 0.996. The lowest BCUT2D eigenvalue weighted by Crippen LogP contribution is -2.18. The number of hydrogen-bond acceptors (Lipinski definition) is 3. The number of hydrogen-bond donors (Lipinski definition) is 0. The van der Waals surface area contributed by atoms with Gasteiger partial charge >= 0.3 is 5.97 Å². The van der Waals surface area contributed by atoms with Crippen molar-refractivity contribution >= 4 is 23.4 Å². The highest BCUT2D eigenvalue weighted by Crippen LogP contribution is 2.24. The fourth-order valence-corrected chi connectivity index (χ4v) is 2.24. The van der Waals surface area contributed by atoms with Gasteiger partial charge in [0.15, 0.2) is 5.78 Å². The Morgan fingerprint density at radius 1 is 1.09 bits per heavy atom. The van der Waals surface area contributed by atoms with E-state index in [1.54, 1.807) is 24.3 Å². The molecule has 0 radical (unpaired) electrons. The van der Waals surface area contributed by atoms with Crippen LogP contribution in [0.1, 0.15) is 28.3 Å². The summed E-state index contributed by atoms with van der Waals surface area (Å²) in [5, 5.41) is 0.527. The molecule has 2 aromatic carbocycles. The van der Waals surface area contributed by atoms with Crippen molar-refractivity contribution in [3.63, 3.8) is 0 Å².